The van der Waals surface area contributed by atoms with Gasteiger partial charge in [-0.25, -0.2) is 4.98 Å². The van der Waals surface area contributed by atoms with Gasteiger partial charge in [0.05, 0.1) is 6.33 Å². The highest BCUT2D eigenvalue weighted by Gasteiger charge is 2.51. The average Bonchev–Trinajstić information content (AvgIpc) is 3.28. The van der Waals surface area contributed by atoms with Crippen molar-refractivity contribution in [1.82, 2.24) is 19.5 Å². The van der Waals surface area contributed by atoms with E-state index >= 15 is 0 Å². The van der Waals surface area contributed by atoms with Gasteiger partial charge in [0.15, 0.2) is 29.6 Å². The molecule has 1 aliphatic rings. The second kappa shape index (κ2) is 9.99. The number of aromatic amines is 1. The van der Waals surface area contributed by atoms with Crippen molar-refractivity contribution in [2.45, 2.75) is 59.2 Å². The molecule has 0 bridgehead atoms. The molecule has 1 saturated heterocycles. The second-order valence-corrected chi connectivity index (χ2v) is 7.90. The van der Waals surface area contributed by atoms with Crippen LogP contribution in [0.1, 0.15) is 40.8 Å². The first kappa shape index (κ1) is 24.8. The largest absolute Gasteiger partial charge is 0.463 e. The van der Waals surface area contributed by atoms with Crippen LogP contribution in [-0.4, -0.2) is 68.3 Å². The lowest BCUT2D eigenvalue weighted by Crippen LogP contribution is -2.40. The van der Waals surface area contributed by atoms with Gasteiger partial charge in [-0.1, -0.05) is 13.8 Å². The van der Waals surface area contributed by atoms with E-state index in [0.29, 0.717) is 0 Å². The molecule has 1 amide bonds. The zero-order chi connectivity index (χ0) is 25.2. The third kappa shape index (κ3) is 5.39. The van der Waals surface area contributed by atoms with E-state index in [1.54, 1.807) is 13.8 Å². The maximum atomic E-state index is 12.5. The van der Waals surface area contributed by atoms with Crippen LogP contribution in [0.3, 0.4) is 0 Å². The van der Waals surface area contributed by atoms with Crippen LogP contribution in [0.2, 0.25) is 0 Å². The Morgan fingerprint density at radius 2 is 1.76 bits per heavy atom. The molecule has 0 saturated carbocycles. The smallest absolute Gasteiger partial charge is 0.303 e. The Kier molecular flexibility index (Phi) is 7.29. The maximum absolute atomic E-state index is 12.5. The Morgan fingerprint density at radius 3 is 2.35 bits per heavy atom. The lowest BCUT2D eigenvalue weighted by atomic mass is 10.1. The molecule has 184 valence electrons. The summed E-state index contributed by atoms with van der Waals surface area (Å²) in [7, 11) is 0. The molecule has 0 radical (unpaired) electrons. The summed E-state index contributed by atoms with van der Waals surface area (Å²) in [5.74, 6) is -2.83. The zero-order valence-corrected chi connectivity index (χ0v) is 19.2. The van der Waals surface area contributed by atoms with Crippen molar-refractivity contribution < 1.29 is 38.1 Å². The zero-order valence-electron chi connectivity index (χ0n) is 19.2. The van der Waals surface area contributed by atoms with E-state index in [1.165, 1.54) is 24.7 Å². The lowest BCUT2D eigenvalue weighted by Gasteiger charge is -2.23. The van der Waals surface area contributed by atoms with Crippen molar-refractivity contribution in [3.8, 4) is 0 Å². The van der Waals surface area contributed by atoms with Gasteiger partial charge in [0.1, 0.15) is 12.7 Å². The molecule has 1 fully saturated rings. The number of nitrogens with one attached hydrogen (secondary N) is 2. The summed E-state index contributed by atoms with van der Waals surface area (Å²) in [6.45, 7) is 6.57. The van der Waals surface area contributed by atoms with Gasteiger partial charge in [0.2, 0.25) is 11.9 Å². The summed E-state index contributed by atoms with van der Waals surface area (Å²) in [6.07, 6.45) is -3.23. The Bertz CT molecular complexity index is 1170. The number of esters is 3. The van der Waals surface area contributed by atoms with Crippen molar-refractivity contribution in [2.75, 3.05) is 11.9 Å². The van der Waals surface area contributed by atoms with Crippen molar-refractivity contribution in [1.29, 1.82) is 0 Å². The SMILES string of the molecule is CC(=O)OC[C@H]1O[C@@H](n2cnc3c(=O)[nH]c([15NH]C(=O)C(C)C)nc32)[C@H](OC(C)=O)[C@@H]1OC(C)=O. The van der Waals surface area contributed by atoms with E-state index < -0.39 is 48.0 Å². The molecule has 0 unspecified atom stereocenters. The van der Waals surface area contributed by atoms with Gasteiger partial charge in [0, 0.05) is 26.7 Å². The first-order valence-electron chi connectivity index (χ1n) is 10.4. The fraction of sp³-hybridized carbons (Fsp3) is 0.550. The van der Waals surface area contributed by atoms with Crippen LogP contribution >= 0.6 is 0 Å². The molecule has 0 aliphatic carbocycles. The minimum atomic E-state index is -1.19. The standard InChI is InChI=1S/C20H25N5O9/c1-8(2)17(29)23-20-22-16-13(18(30)24-20)21-7-25(16)19-15(33-11(5)28)14(32-10(4)27)12(34-19)6-31-9(3)26/h7-8,12,14-15,19H,6H2,1-5H3,(H2,22,23,24,29,30)/t12-,14-,15-,19-/m1/s1/i23+1. The van der Waals surface area contributed by atoms with Crippen LogP contribution in [0.4, 0.5) is 5.95 Å². The monoisotopic (exact) mass is 480 g/mol. The third-order valence-corrected chi connectivity index (χ3v) is 4.81. The van der Waals surface area contributed by atoms with Crippen LogP contribution in [0.25, 0.3) is 11.2 Å². The van der Waals surface area contributed by atoms with Crippen LogP contribution in [-0.2, 0) is 38.1 Å². The number of nitrogens with zero attached hydrogens (tertiary/aromatic N) is 3. The molecule has 2 aromatic rings. The fourth-order valence-corrected chi connectivity index (χ4v) is 3.35. The summed E-state index contributed by atoms with van der Waals surface area (Å²) >= 11 is 0. The molecule has 0 spiro atoms. The molecule has 2 aromatic heterocycles. The van der Waals surface area contributed by atoms with Crippen LogP contribution in [0.5, 0.6) is 0 Å². The summed E-state index contributed by atoms with van der Waals surface area (Å²) in [5, 5.41) is 2.50. The molecule has 4 atom stereocenters. The molecular weight excluding hydrogens is 455 g/mol. The maximum Gasteiger partial charge on any atom is 0.303 e. The highest BCUT2D eigenvalue weighted by Crippen LogP contribution is 2.35. The predicted molar refractivity (Wildman–Crippen MR) is 113 cm³/mol. The number of ether oxygens (including phenoxy) is 4. The van der Waals surface area contributed by atoms with Gasteiger partial charge in [-0.3, -0.25) is 38.8 Å². The Morgan fingerprint density at radius 1 is 1.12 bits per heavy atom. The number of fused-ring (bicyclic) bond motifs is 1. The molecule has 14 nitrogen and oxygen atoms in total. The van der Waals surface area contributed by atoms with Crippen molar-refractivity contribution in [3.63, 3.8) is 0 Å². The molecule has 14 heteroatoms. The van der Waals surface area contributed by atoms with Gasteiger partial charge in [-0.2, -0.15) is 4.98 Å². The Labute approximate surface area is 192 Å². The van der Waals surface area contributed by atoms with Crippen molar-refractivity contribution >= 4 is 40.9 Å². The van der Waals surface area contributed by atoms with E-state index in [4.69, 9.17) is 18.9 Å². The fourth-order valence-electron chi connectivity index (χ4n) is 3.35. The van der Waals surface area contributed by atoms with Crippen LogP contribution in [0.15, 0.2) is 11.1 Å². The Balaban J connectivity index is 2.06. The van der Waals surface area contributed by atoms with Gasteiger partial charge in [0.25, 0.3) is 5.56 Å². The highest BCUT2D eigenvalue weighted by atomic mass is 16.7. The number of rotatable bonds is 7. The molecule has 2 N–H and O–H groups in total. The summed E-state index contributed by atoms with van der Waals surface area (Å²) in [6, 6.07) is 0. The first-order valence-corrected chi connectivity index (χ1v) is 10.4. The van der Waals surface area contributed by atoms with E-state index in [9.17, 15) is 24.0 Å². The van der Waals surface area contributed by atoms with E-state index in [2.05, 4.69) is 20.3 Å². The molecular formula is C20H25N5O9. The van der Waals surface area contributed by atoms with Gasteiger partial charge in [-0.15, -0.1) is 0 Å². The molecule has 0 aromatic carbocycles. The number of amides is 1. The number of imidazole rings is 1. The third-order valence-electron chi connectivity index (χ3n) is 4.81. The van der Waals surface area contributed by atoms with Gasteiger partial charge >= 0.3 is 17.9 Å². The number of aromatic nitrogens is 4. The summed E-state index contributed by atoms with van der Waals surface area (Å²) in [5.41, 5.74) is -0.683. The molecule has 34 heavy (non-hydrogen) atoms. The normalized spacial score (nSPS) is 21.9. The summed E-state index contributed by atoms with van der Waals surface area (Å²) < 4.78 is 23.0. The average molecular weight is 480 g/mol. The van der Waals surface area contributed by atoms with E-state index in [-0.39, 0.29) is 35.5 Å². The Hall–Kier alpha value is -3.81. The predicted octanol–water partition coefficient (Wildman–Crippen LogP) is 0.0380. The second-order valence-electron chi connectivity index (χ2n) is 7.90. The quantitative estimate of drug-likeness (QED) is 0.310. The summed E-state index contributed by atoms with van der Waals surface area (Å²) in [4.78, 5) is 70.2. The van der Waals surface area contributed by atoms with Crippen LogP contribution in [0, 0.1) is 5.92 Å². The van der Waals surface area contributed by atoms with Crippen LogP contribution < -0.4 is 10.9 Å². The molecule has 3 rings (SSSR count). The highest BCUT2D eigenvalue weighted by molar-refractivity contribution is 5.91. The number of hydrogen-bond donors (Lipinski definition) is 2. The van der Waals surface area contributed by atoms with Gasteiger partial charge < -0.3 is 18.9 Å². The number of carbonyl (C=O) groups excluding carboxylic acids is 4. The van der Waals surface area contributed by atoms with Crippen molar-refractivity contribution in [3.05, 3.63) is 16.7 Å². The lowest BCUT2D eigenvalue weighted by molar-refractivity contribution is -0.166. The molecule has 1 aliphatic heterocycles. The molecule has 3 heterocycles. The van der Waals surface area contributed by atoms with Crippen molar-refractivity contribution in [2.24, 2.45) is 5.92 Å². The minimum absolute atomic E-state index is 0.0136. The number of H-pyrrole nitrogens is 1. The number of hydrogen-bond acceptors (Lipinski definition) is 11. The minimum Gasteiger partial charge on any atom is -0.463 e. The van der Waals surface area contributed by atoms with Gasteiger partial charge in [-0.05, 0) is 0 Å². The first-order chi connectivity index (χ1) is 16.0. The number of anilines is 1. The van der Waals surface area contributed by atoms with E-state index in [1.807, 2.05) is 0 Å². The van der Waals surface area contributed by atoms with E-state index in [0.717, 1.165) is 6.92 Å². The topological polar surface area (TPSA) is 181 Å². The number of carbonyl (C=O) groups is 4.